The van der Waals surface area contributed by atoms with Gasteiger partial charge in [0.15, 0.2) is 0 Å². The Morgan fingerprint density at radius 1 is 1.24 bits per heavy atom. The molecule has 1 fully saturated rings. The Morgan fingerprint density at radius 2 is 1.92 bits per heavy atom. The molecule has 0 bridgehead atoms. The summed E-state index contributed by atoms with van der Waals surface area (Å²) in [6.07, 6.45) is -4.67. The maximum atomic E-state index is 13.0. The summed E-state index contributed by atoms with van der Waals surface area (Å²) in [6, 6.07) is 6.85. The zero-order valence-corrected chi connectivity index (χ0v) is 13.5. The van der Waals surface area contributed by atoms with Crippen molar-refractivity contribution in [3.63, 3.8) is 0 Å². The van der Waals surface area contributed by atoms with Crippen molar-refractivity contribution in [2.45, 2.75) is 12.7 Å². The largest absolute Gasteiger partial charge is 0.481 e. The van der Waals surface area contributed by atoms with Gasteiger partial charge in [-0.05, 0) is 12.1 Å². The average Bonchev–Trinajstić information content (AvgIpc) is 3.11. The standard InChI is InChI=1S/C14H13F3N4O3.ClH/c15-14(16,17)9-6-20(5-8(9)13(23)24)12(22)7-21-11-4-2-1-3-10(11)18-19-21;/h1-4,8-9H,5-7H2,(H,23,24);1H/t8-,9-;/m1./s1. The first kappa shape index (κ1) is 19.0. The van der Waals surface area contributed by atoms with Gasteiger partial charge in [-0.3, -0.25) is 9.59 Å². The van der Waals surface area contributed by atoms with Crippen LogP contribution < -0.4 is 0 Å². The van der Waals surface area contributed by atoms with Crippen LogP contribution in [0.4, 0.5) is 13.2 Å². The van der Waals surface area contributed by atoms with Crippen LogP contribution in [-0.2, 0) is 16.1 Å². The Balaban J connectivity index is 0.00000225. The molecule has 0 spiro atoms. The molecular formula is C14H14ClF3N4O3. The summed E-state index contributed by atoms with van der Waals surface area (Å²) in [5.41, 5.74) is 1.13. The van der Waals surface area contributed by atoms with Gasteiger partial charge in [0.2, 0.25) is 5.91 Å². The molecule has 7 nitrogen and oxygen atoms in total. The molecule has 11 heteroatoms. The van der Waals surface area contributed by atoms with Crippen molar-refractivity contribution in [2.75, 3.05) is 13.1 Å². The third kappa shape index (κ3) is 3.68. The third-order valence-electron chi connectivity index (χ3n) is 4.12. The number of carbonyl (C=O) groups excluding carboxylic acids is 1. The van der Waals surface area contributed by atoms with E-state index in [9.17, 15) is 22.8 Å². The van der Waals surface area contributed by atoms with Crippen LogP contribution in [0, 0.1) is 11.8 Å². The molecule has 1 N–H and O–H groups in total. The summed E-state index contributed by atoms with van der Waals surface area (Å²) in [5, 5.41) is 16.7. The Kier molecular flexibility index (Phi) is 5.21. The number of aromatic nitrogens is 3. The van der Waals surface area contributed by atoms with Gasteiger partial charge in [-0.15, -0.1) is 17.5 Å². The molecule has 136 valence electrons. The number of hydrogen-bond donors (Lipinski definition) is 1. The molecule has 1 saturated heterocycles. The van der Waals surface area contributed by atoms with E-state index in [4.69, 9.17) is 5.11 Å². The van der Waals surface area contributed by atoms with Gasteiger partial charge in [0, 0.05) is 13.1 Å². The zero-order chi connectivity index (χ0) is 17.5. The highest BCUT2D eigenvalue weighted by Crippen LogP contribution is 2.37. The molecule has 0 saturated carbocycles. The summed E-state index contributed by atoms with van der Waals surface area (Å²) < 4.78 is 40.2. The monoisotopic (exact) mass is 378 g/mol. The second-order valence-electron chi connectivity index (χ2n) is 5.63. The Hall–Kier alpha value is -2.36. The zero-order valence-electron chi connectivity index (χ0n) is 12.7. The van der Waals surface area contributed by atoms with Gasteiger partial charge in [0.05, 0.1) is 17.4 Å². The number of para-hydroxylation sites is 1. The molecule has 1 amide bonds. The van der Waals surface area contributed by atoms with Gasteiger partial charge in [-0.2, -0.15) is 13.2 Å². The van der Waals surface area contributed by atoms with Crippen LogP contribution in [0.2, 0.25) is 0 Å². The first-order chi connectivity index (χ1) is 11.3. The molecule has 1 aliphatic rings. The van der Waals surface area contributed by atoms with E-state index in [2.05, 4.69) is 10.3 Å². The molecule has 3 rings (SSSR count). The topological polar surface area (TPSA) is 88.3 Å². The number of halogens is 4. The molecule has 2 heterocycles. The highest BCUT2D eigenvalue weighted by atomic mass is 35.5. The first-order valence-electron chi connectivity index (χ1n) is 7.13. The van der Waals surface area contributed by atoms with Gasteiger partial charge in [-0.25, -0.2) is 4.68 Å². The fourth-order valence-corrected chi connectivity index (χ4v) is 2.85. The highest BCUT2D eigenvalue weighted by Gasteiger charge is 2.53. The second kappa shape index (κ2) is 6.87. The van der Waals surface area contributed by atoms with Gasteiger partial charge >= 0.3 is 12.1 Å². The normalized spacial score (nSPS) is 20.5. The van der Waals surface area contributed by atoms with Gasteiger partial charge in [0.25, 0.3) is 0 Å². The number of rotatable bonds is 3. The Morgan fingerprint density at radius 3 is 2.52 bits per heavy atom. The average molecular weight is 379 g/mol. The van der Waals surface area contributed by atoms with Gasteiger partial charge in [0.1, 0.15) is 12.1 Å². The number of benzene rings is 1. The second-order valence-corrected chi connectivity index (χ2v) is 5.63. The van der Waals surface area contributed by atoms with E-state index in [1.54, 1.807) is 24.3 Å². The van der Waals surface area contributed by atoms with Crippen molar-refractivity contribution in [1.29, 1.82) is 0 Å². The van der Waals surface area contributed by atoms with Gasteiger partial charge in [-0.1, -0.05) is 17.3 Å². The van der Waals surface area contributed by atoms with E-state index >= 15 is 0 Å². The maximum Gasteiger partial charge on any atom is 0.394 e. The lowest BCUT2D eigenvalue weighted by molar-refractivity contribution is -0.188. The van der Waals surface area contributed by atoms with Crippen LogP contribution >= 0.6 is 12.4 Å². The van der Waals surface area contributed by atoms with Crippen molar-refractivity contribution in [1.82, 2.24) is 19.9 Å². The lowest BCUT2D eigenvalue weighted by Gasteiger charge is -2.18. The summed E-state index contributed by atoms with van der Waals surface area (Å²) in [6.45, 7) is -1.42. The number of hydrogen-bond acceptors (Lipinski definition) is 4. The van der Waals surface area contributed by atoms with Crippen molar-refractivity contribution in [3.05, 3.63) is 24.3 Å². The molecule has 0 unspecified atom stereocenters. The van der Waals surface area contributed by atoms with Crippen LogP contribution in [0.1, 0.15) is 0 Å². The Labute approximate surface area is 145 Å². The van der Waals surface area contributed by atoms with Crippen LogP contribution in [-0.4, -0.2) is 56.1 Å². The van der Waals surface area contributed by atoms with Crippen LogP contribution in [0.3, 0.4) is 0 Å². The first-order valence-corrected chi connectivity index (χ1v) is 7.13. The minimum atomic E-state index is -4.67. The number of likely N-dealkylation sites (tertiary alicyclic amines) is 1. The summed E-state index contributed by atoms with van der Waals surface area (Å²) >= 11 is 0. The van der Waals surface area contributed by atoms with Crippen LogP contribution in [0.5, 0.6) is 0 Å². The van der Waals surface area contributed by atoms with Crippen molar-refractivity contribution in [3.8, 4) is 0 Å². The van der Waals surface area contributed by atoms with E-state index in [0.29, 0.717) is 11.0 Å². The van der Waals surface area contributed by atoms with Crippen LogP contribution in [0.15, 0.2) is 24.3 Å². The van der Waals surface area contributed by atoms with E-state index in [1.807, 2.05) is 0 Å². The number of carboxylic acids is 1. The fourth-order valence-electron chi connectivity index (χ4n) is 2.85. The molecule has 2 atom stereocenters. The summed E-state index contributed by atoms with van der Waals surface area (Å²) in [5.74, 6) is -5.89. The number of aliphatic carboxylic acids is 1. The van der Waals surface area contributed by atoms with Gasteiger partial charge < -0.3 is 10.0 Å². The molecular weight excluding hydrogens is 365 g/mol. The molecule has 0 radical (unpaired) electrons. The van der Waals surface area contributed by atoms with Crippen molar-refractivity contribution < 1.29 is 27.9 Å². The lowest BCUT2D eigenvalue weighted by Crippen LogP contribution is -2.34. The lowest BCUT2D eigenvalue weighted by atomic mass is 9.96. The fraction of sp³-hybridized carbons (Fsp3) is 0.429. The van der Waals surface area contributed by atoms with Crippen molar-refractivity contribution >= 4 is 35.3 Å². The quantitative estimate of drug-likeness (QED) is 0.876. The maximum absolute atomic E-state index is 13.0. The molecule has 25 heavy (non-hydrogen) atoms. The molecule has 1 aliphatic heterocycles. The highest BCUT2D eigenvalue weighted by molar-refractivity contribution is 5.85. The number of alkyl halides is 3. The number of nitrogens with zero attached hydrogens (tertiary/aromatic N) is 4. The number of carbonyl (C=O) groups is 2. The molecule has 0 aliphatic carbocycles. The summed E-state index contributed by atoms with van der Waals surface area (Å²) in [7, 11) is 0. The third-order valence-corrected chi connectivity index (χ3v) is 4.12. The predicted molar refractivity (Wildman–Crippen MR) is 82.0 cm³/mol. The number of carboxylic acid groups (broad SMARTS) is 1. The molecule has 1 aromatic heterocycles. The van der Waals surface area contributed by atoms with Crippen LogP contribution in [0.25, 0.3) is 11.0 Å². The molecule has 2 aromatic rings. The Bertz CT molecular complexity index is 795. The number of fused-ring (bicyclic) bond motifs is 1. The minimum absolute atomic E-state index is 0. The smallest absolute Gasteiger partial charge is 0.394 e. The van der Waals surface area contributed by atoms with Crippen molar-refractivity contribution in [2.24, 2.45) is 11.8 Å². The summed E-state index contributed by atoms with van der Waals surface area (Å²) in [4.78, 5) is 24.3. The van der Waals surface area contributed by atoms with E-state index < -0.39 is 43.0 Å². The predicted octanol–water partition coefficient (Wildman–Crippen LogP) is 1.57. The molecule has 1 aromatic carbocycles. The van der Waals surface area contributed by atoms with E-state index in [1.165, 1.54) is 4.68 Å². The number of amides is 1. The van der Waals surface area contributed by atoms with E-state index in [0.717, 1.165) is 4.90 Å². The SMILES string of the molecule is Cl.O=C(O)[C@@H]1CN(C(=O)Cn2nnc3ccccc32)C[C@H]1C(F)(F)F. The minimum Gasteiger partial charge on any atom is -0.481 e. The van der Waals surface area contributed by atoms with E-state index in [-0.39, 0.29) is 19.0 Å².